The number of halogens is 2. The zero-order valence-corrected chi connectivity index (χ0v) is 17.3. The summed E-state index contributed by atoms with van der Waals surface area (Å²) in [5, 5.41) is 6.26. The fourth-order valence-corrected chi connectivity index (χ4v) is 2.79. The van der Waals surface area contributed by atoms with Gasteiger partial charge in [0, 0.05) is 11.8 Å². The Hall–Kier alpha value is -2.48. The predicted octanol–water partition coefficient (Wildman–Crippen LogP) is 2.10. The monoisotopic (exact) mass is 426 g/mol. The third-order valence-electron chi connectivity index (χ3n) is 3.81. The molecule has 7 nitrogen and oxygen atoms in total. The van der Waals surface area contributed by atoms with Gasteiger partial charge < -0.3 is 25.0 Å². The second-order valence-corrected chi connectivity index (χ2v) is 6.92. The maximum atomic E-state index is 12.3. The molecule has 0 aliphatic rings. The molecule has 0 saturated heterocycles. The maximum Gasteiger partial charge on any atom is 0.279 e. The van der Waals surface area contributed by atoms with Crippen LogP contribution < -0.4 is 25.0 Å². The molecule has 150 valence electrons. The summed E-state index contributed by atoms with van der Waals surface area (Å²) in [6.45, 7) is 0.193. The predicted molar refractivity (Wildman–Crippen MR) is 110 cm³/mol. The lowest BCUT2D eigenvalue weighted by Crippen LogP contribution is -3.11. The first-order valence-electron chi connectivity index (χ1n) is 8.40. The van der Waals surface area contributed by atoms with Gasteiger partial charge in [0.05, 0.1) is 37.0 Å². The number of rotatable bonds is 8. The molecule has 2 aromatic carbocycles. The Bertz CT molecular complexity index is 861. The summed E-state index contributed by atoms with van der Waals surface area (Å²) in [7, 11) is 4.80. The van der Waals surface area contributed by atoms with E-state index >= 15 is 0 Å². The van der Waals surface area contributed by atoms with Crippen molar-refractivity contribution >= 4 is 46.4 Å². The number of methoxy groups -OCH3 is 2. The van der Waals surface area contributed by atoms with E-state index in [0.29, 0.717) is 37.8 Å². The molecule has 3 N–H and O–H groups in total. The number of ether oxygens (including phenoxy) is 2. The Kier molecular flexibility index (Phi) is 7.92. The number of hydrogen-bond donors (Lipinski definition) is 3. The van der Waals surface area contributed by atoms with E-state index in [1.807, 2.05) is 0 Å². The van der Waals surface area contributed by atoms with Gasteiger partial charge in [0.2, 0.25) is 0 Å². The molecule has 9 heteroatoms. The minimum atomic E-state index is -0.258. The van der Waals surface area contributed by atoms with E-state index < -0.39 is 0 Å². The minimum Gasteiger partial charge on any atom is -0.497 e. The normalized spacial score (nSPS) is 11.5. The second kappa shape index (κ2) is 10.2. The molecule has 0 aromatic heterocycles. The highest BCUT2D eigenvalue weighted by Gasteiger charge is 2.16. The van der Waals surface area contributed by atoms with Crippen LogP contribution in [0.15, 0.2) is 36.4 Å². The molecule has 0 radical (unpaired) electrons. The first-order chi connectivity index (χ1) is 13.3. The van der Waals surface area contributed by atoms with Gasteiger partial charge in [-0.15, -0.1) is 0 Å². The van der Waals surface area contributed by atoms with Crippen molar-refractivity contribution in [1.82, 2.24) is 0 Å². The van der Waals surface area contributed by atoms with Crippen LogP contribution in [0.25, 0.3) is 0 Å². The number of amides is 2. The quantitative estimate of drug-likeness (QED) is 0.603. The Morgan fingerprint density at radius 1 is 0.929 bits per heavy atom. The molecule has 0 spiro atoms. The number of nitrogens with one attached hydrogen (secondary N) is 3. The lowest BCUT2D eigenvalue weighted by atomic mass is 10.2. The summed E-state index contributed by atoms with van der Waals surface area (Å²) in [4.78, 5) is 25.2. The second-order valence-electron chi connectivity index (χ2n) is 6.10. The summed E-state index contributed by atoms with van der Waals surface area (Å²) in [6.07, 6.45) is 0. The lowest BCUT2D eigenvalue weighted by molar-refractivity contribution is -0.862. The number of benzene rings is 2. The SMILES string of the molecule is COc1ccc(OC)c(NC(=O)C[NH+](C)CC(=O)Nc2ccc(Cl)c(Cl)c2)c1. The fraction of sp³-hybridized carbons (Fsp3) is 0.263. The van der Waals surface area contributed by atoms with Crippen molar-refractivity contribution in [2.24, 2.45) is 0 Å². The molecular weight excluding hydrogens is 405 g/mol. The molecule has 2 amide bonds. The summed E-state index contributed by atoms with van der Waals surface area (Å²) in [6, 6.07) is 9.94. The highest BCUT2D eigenvalue weighted by molar-refractivity contribution is 6.42. The molecule has 2 aromatic rings. The zero-order valence-electron chi connectivity index (χ0n) is 15.8. The van der Waals surface area contributed by atoms with E-state index in [2.05, 4.69) is 10.6 Å². The lowest BCUT2D eigenvalue weighted by Gasteiger charge is -2.15. The first kappa shape index (κ1) is 21.8. The zero-order chi connectivity index (χ0) is 20.7. The third-order valence-corrected chi connectivity index (χ3v) is 4.55. The molecule has 2 rings (SSSR count). The van der Waals surface area contributed by atoms with E-state index in [4.69, 9.17) is 32.7 Å². The number of carbonyl (C=O) groups excluding carboxylic acids is 2. The molecule has 0 fully saturated rings. The Labute approximate surface area is 173 Å². The number of hydrogen-bond acceptors (Lipinski definition) is 4. The van der Waals surface area contributed by atoms with Crippen LogP contribution in [0.2, 0.25) is 10.0 Å². The summed E-state index contributed by atoms with van der Waals surface area (Å²) < 4.78 is 10.4. The molecule has 28 heavy (non-hydrogen) atoms. The third kappa shape index (κ3) is 6.30. The molecule has 0 saturated carbocycles. The molecule has 0 bridgehead atoms. The molecule has 0 aliphatic carbocycles. The largest absolute Gasteiger partial charge is 0.497 e. The van der Waals surface area contributed by atoms with Crippen LogP contribution in [-0.2, 0) is 9.59 Å². The highest BCUT2D eigenvalue weighted by atomic mass is 35.5. The van der Waals surface area contributed by atoms with Gasteiger partial charge in [-0.05, 0) is 30.3 Å². The number of carbonyl (C=O) groups is 2. The van der Waals surface area contributed by atoms with E-state index in [0.717, 1.165) is 0 Å². The van der Waals surface area contributed by atoms with Gasteiger partial charge in [-0.25, -0.2) is 0 Å². The number of quaternary nitrogens is 1. The average molecular weight is 427 g/mol. The molecule has 0 aliphatic heterocycles. The molecule has 1 atom stereocenters. The summed E-state index contributed by atoms with van der Waals surface area (Å²) in [5.41, 5.74) is 1.04. The van der Waals surface area contributed by atoms with Crippen LogP contribution in [-0.4, -0.2) is 46.2 Å². The van der Waals surface area contributed by atoms with Crippen LogP contribution in [0.4, 0.5) is 11.4 Å². The topological polar surface area (TPSA) is 81.1 Å². The smallest absolute Gasteiger partial charge is 0.279 e. The van der Waals surface area contributed by atoms with Crippen molar-refractivity contribution < 1.29 is 24.0 Å². The number of anilines is 2. The van der Waals surface area contributed by atoms with Crippen LogP contribution in [0.1, 0.15) is 0 Å². The first-order valence-corrected chi connectivity index (χ1v) is 9.16. The Balaban J connectivity index is 1.90. The van der Waals surface area contributed by atoms with E-state index in [9.17, 15) is 9.59 Å². The Morgan fingerprint density at radius 3 is 2.21 bits per heavy atom. The van der Waals surface area contributed by atoms with Crippen molar-refractivity contribution in [1.29, 1.82) is 0 Å². The van der Waals surface area contributed by atoms with Crippen LogP contribution >= 0.6 is 23.2 Å². The molecule has 0 heterocycles. The van der Waals surface area contributed by atoms with Gasteiger partial charge in [-0.1, -0.05) is 23.2 Å². The minimum absolute atomic E-state index is 0.0924. The van der Waals surface area contributed by atoms with Crippen molar-refractivity contribution in [3.63, 3.8) is 0 Å². The van der Waals surface area contributed by atoms with Gasteiger partial charge in [-0.3, -0.25) is 9.59 Å². The van der Waals surface area contributed by atoms with Crippen LogP contribution in [0.5, 0.6) is 11.5 Å². The fourth-order valence-electron chi connectivity index (χ4n) is 2.50. The van der Waals surface area contributed by atoms with Crippen molar-refractivity contribution in [2.75, 3.05) is 45.0 Å². The highest BCUT2D eigenvalue weighted by Crippen LogP contribution is 2.28. The van der Waals surface area contributed by atoms with Gasteiger partial charge in [0.15, 0.2) is 13.1 Å². The van der Waals surface area contributed by atoms with Gasteiger partial charge in [0.1, 0.15) is 11.5 Å². The van der Waals surface area contributed by atoms with Gasteiger partial charge in [0.25, 0.3) is 11.8 Å². The maximum absolute atomic E-state index is 12.3. The van der Waals surface area contributed by atoms with E-state index in [1.165, 1.54) is 14.2 Å². The van der Waals surface area contributed by atoms with E-state index in [1.54, 1.807) is 43.4 Å². The van der Waals surface area contributed by atoms with E-state index in [-0.39, 0.29) is 24.9 Å². The summed E-state index contributed by atoms with van der Waals surface area (Å²) >= 11 is 11.8. The van der Waals surface area contributed by atoms with Crippen molar-refractivity contribution in [3.8, 4) is 11.5 Å². The van der Waals surface area contributed by atoms with Crippen LogP contribution in [0.3, 0.4) is 0 Å². The van der Waals surface area contributed by atoms with Crippen LogP contribution in [0, 0.1) is 0 Å². The Morgan fingerprint density at radius 2 is 1.61 bits per heavy atom. The van der Waals surface area contributed by atoms with Gasteiger partial charge in [-0.2, -0.15) is 0 Å². The standard InChI is InChI=1S/C19H21Cl2N3O4/c1-24(10-18(25)22-12-4-6-14(20)15(21)8-12)11-19(26)23-16-9-13(27-2)5-7-17(16)28-3/h4-9H,10-11H2,1-3H3,(H,22,25)(H,23,26)/p+1. The van der Waals surface area contributed by atoms with Crippen molar-refractivity contribution in [3.05, 3.63) is 46.4 Å². The number of likely N-dealkylation sites (N-methyl/N-ethyl adjacent to an activating group) is 1. The molecule has 1 unspecified atom stereocenters. The molecular formula is C19H22Cl2N3O4+. The van der Waals surface area contributed by atoms with Crippen molar-refractivity contribution in [2.45, 2.75) is 0 Å². The summed E-state index contributed by atoms with van der Waals surface area (Å²) in [5.74, 6) is 0.607. The average Bonchev–Trinajstić information content (AvgIpc) is 2.64. The van der Waals surface area contributed by atoms with Gasteiger partial charge >= 0.3 is 0 Å².